The Kier molecular flexibility index (Phi) is 5.32. The van der Waals surface area contributed by atoms with Crippen molar-refractivity contribution in [1.29, 1.82) is 0 Å². The van der Waals surface area contributed by atoms with Gasteiger partial charge in [-0.3, -0.25) is 9.78 Å². The van der Waals surface area contributed by atoms with Crippen LogP contribution in [0.5, 0.6) is 0 Å². The quantitative estimate of drug-likeness (QED) is 0.495. The first-order chi connectivity index (χ1) is 14.9. The van der Waals surface area contributed by atoms with Gasteiger partial charge in [-0.1, -0.05) is 24.3 Å². The lowest BCUT2D eigenvalue weighted by Gasteiger charge is -2.22. The van der Waals surface area contributed by atoms with Gasteiger partial charge in [-0.05, 0) is 54.3 Å². The van der Waals surface area contributed by atoms with E-state index in [1.807, 2.05) is 25.1 Å². The van der Waals surface area contributed by atoms with E-state index in [4.69, 9.17) is 0 Å². The summed E-state index contributed by atoms with van der Waals surface area (Å²) in [5.74, 6) is -0.373. The summed E-state index contributed by atoms with van der Waals surface area (Å²) < 4.78 is 0. The lowest BCUT2D eigenvalue weighted by molar-refractivity contribution is 0.0697. The van der Waals surface area contributed by atoms with Gasteiger partial charge in [0.2, 0.25) is 0 Å². The minimum Gasteiger partial charge on any atom is -0.478 e. The number of aromatic carboxylic acids is 1. The molecule has 0 aliphatic carbocycles. The van der Waals surface area contributed by atoms with Crippen LogP contribution in [0.3, 0.4) is 0 Å². The summed E-state index contributed by atoms with van der Waals surface area (Å²) >= 11 is 0. The van der Waals surface area contributed by atoms with Crippen LogP contribution in [0, 0.1) is 6.92 Å². The number of para-hydroxylation sites is 1. The molecule has 0 radical (unpaired) electrons. The number of rotatable bonds is 5. The molecule has 154 valence electrons. The highest BCUT2D eigenvalue weighted by Gasteiger charge is 2.17. The van der Waals surface area contributed by atoms with Crippen LogP contribution in [0.2, 0.25) is 0 Å². The second-order valence-corrected chi connectivity index (χ2v) is 7.11. The van der Waals surface area contributed by atoms with Crippen molar-refractivity contribution in [3.63, 3.8) is 0 Å². The number of hydrogen-bond acceptors (Lipinski definition) is 5. The Morgan fingerprint density at radius 3 is 2.61 bits per heavy atom. The predicted molar refractivity (Wildman–Crippen MR) is 120 cm³/mol. The minimum absolute atomic E-state index is 0.172. The van der Waals surface area contributed by atoms with E-state index in [0.29, 0.717) is 22.9 Å². The smallest absolute Gasteiger partial charge is 0.337 e. The molecule has 31 heavy (non-hydrogen) atoms. The van der Waals surface area contributed by atoms with Crippen molar-refractivity contribution in [3.8, 4) is 0 Å². The molecular weight excluding hydrogens is 392 g/mol. The van der Waals surface area contributed by atoms with E-state index in [1.54, 1.807) is 66.8 Å². The Hall–Kier alpha value is -4.26. The zero-order valence-electron chi connectivity index (χ0n) is 17.0. The van der Waals surface area contributed by atoms with Gasteiger partial charge in [0.05, 0.1) is 11.3 Å². The topological polar surface area (TPSA) is 95.4 Å². The van der Waals surface area contributed by atoms with Gasteiger partial charge in [-0.15, -0.1) is 0 Å². The average molecular weight is 412 g/mol. The Balaban J connectivity index is 1.63. The number of hydrogen-bond donors (Lipinski definition) is 2. The normalized spacial score (nSPS) is 10.6. The van der Waals surface area contributed by atoms with Crippen molar-refractivity contribution >= 4 is 40.0 Å². The van der Waals surface area contributed by atoms with Gasteiger partial charge in [0.25, 0.3) is 5.91 Å². The van der Waals surface area contributed by atoms with E-state index in [9.17, 15) is 14.7 Å². The van der Waals surface area contributed by atoms with Gasteiger partial charge in [0.1, 0.15) is 11.6 Å². The summed E-state index contributed by atoms with van der Waals surface area (Å²) in [5, 5.41) is 14.2. The summed E-state index contributed by atoms with van der Waals surface area (Å²) in [6.07, 6.45) is 3.43. The van der Waals surface area contributed by atoms with Gasteiger partial charge in [-0.25, -0.2) is 9.78 Å². The van der Waals surface area contributed by atoms with Gasteiger partial charge in [-0.2, -0.15) is 0 Å². The molecule has 0 unspecified atom stereocenters. The molecule has 0 saturated carbocycles. The summed E-state index contributed by atoms with van der Waals surface area (Å²) in [6.45, 7) is 1.88. The molecule has 2 heterocycles. The number of carboxylic acid groups (broad SMARTS) is 1. The number of pyridine rings is 2. The summed E-state index contributed by atoms with van der Waals surface area (Å²) in [7, 11) is 1.75. The third-order valence-electron chi connectivity index (χ3n) is 5.03. The summed E-state index contributed by atoms with van der Waals surface area (Å²) in [5.41, 5.74) is 2.04. The van der Waals surface area contributed by atoms with Crippen LogP contribution in [-0.2, 0) is 0 Å². The zero-order chi connectivity index (χ0) is 22.0. The van der Waals surface area contributed by atoms with E-state index in [-0.39, 0.29) is 11.5 Å². The maximum absolute atomic E-state index is 12.8. The van der Waals surface area contributed by atoms with Crippen LogP contribution >= 0.6 is 0 Å². The van der Waals surface area contributed by atoms with E-state index < -0.39 is 5.97 Å². The number of fused-ring (bicyclic) bond motifs is 1. The number of carbonyl (C=O) groups excluding carboxylic acids is 1. The van der Waals surface area contributed by atoms with Crippen molar-refractivity contribution < 1.29 is 14.7 Å². The highest BCUT2D eigenvalue weighted by Crippen LogP contribution is 2.29. The standard InChI is InChI=1S/C24H20N4O3/c1-15-7-10-21(26-22(15)28(2)20-6-4-3-5-19(20)24(30)31)27-23(29)17-8-9-18-14-25-12-11-16(18)13-17/h3-14H,1-2H3,(H,30,31)(H,26,27,29). The van der Waals surface area contributed by atoms with Crippen LogP contribution in [0.4, 0.5) is 17.3 Å². The molecule has 0 fully saturated rings. The third kappa shape index (κ3) is 4.06. The highest BCUT2D eigenvalue weighted by atomic mass is 16.4. The number of nitrogens with one attached hydrogen (secondary N) is 1. The van der Waals surface area contributed by atoms with Gasteiger partial charge >= 0.3 is 5.97 Å². The number of anilines is 3. The second-order valence-electron chi connectivity index (χ2n) is 7.11. The summed E-state index contributed by atoms with van der Waals surface area (Å²) in [6, 6.07) is 17.5. The Morgan fingerprint density at radius 2 is 1.81 bits per heavy atom. The fourth-order valence-corrected chi connectivity index (χ4v) is 3.40. The molecule has 1 amide bonds. The molecule has 4 aromatic rings. The van der Waals surface area contributed by atoms with Crippen LogP contribution in [-0.4, -0.2) is 34.0 Å². The molecule has 2 N–H and O–H groups in total. The molecule has 0 spiro atoms. The molecule has 7 heteroatoms. The SMILES string of the molecule is Cc1ccc(NC(=O)c2ccc3cnccc3c2)nc1N(C)c1ccccc1C(=O)O. The monoisotopic (exact) mass is 412 g/mol. The lowest BCUT2D eigenvalue weighted by atomic mass is 10.1. The molecule has 2 aromatic heterocycles. The number of carbonyl (C=O) groups is 2. The van der Waals surface area contributed by atoms with Crippen LogP contribution in [0.25, 0.3) is 10.8 Å². The molecule has 0 atom stereocenters. The zero-order valence-corrected chi connectivity index (χ0v) is 17.0. The number of benzene rings is 2. The maximum atomic E-state index is 12.8. The van der Waals surface area contributed by atoms with E-state index in [1.165, 1.54) is 0 Å². The van der Waals surface area contributed by atoms with Gasteiger partial charge < -0.3 is 15.3 Å². The van der Waals surface area contributed by atoms with E-state index >= 15 is 0 Å². The largest absolute Gasteiger partial charge is 0.478 e. The summed E-state index contributed by atoms with van der Waals surface area (Å²) in [4.78, 5) is 34.7. The molecule has 0 saturated heterocycles. The van der Waals surface area contributed by atoms with Gasteiger partial charge in [0, 0.05) is 30.4 Å². The molecule has 2 aromatic carbocycles. The van der Waals surface area contributed by atoms with Crippen molar-refractivity contribution in [2.24, 2.45) is 0 Å². The highest BCUT2D eigenvalue weighted by molar-refractivity contribution is 6.06. The van der Waals surface area contributed by atoms with Crippen molar-refractivity contribution in [3.05, 3.63) is 89.7 Å². The number of amides is 1. The Labute approximate surface area is 179 Å². The fourth-order valence-electron chi connectivity index (χ4n) is 3.40. The van der Waals surface area contributed by atoms with Crippen LogP contribution in [0.15, 0.2) is 73.1 Å². The van der Waals surface area contributed by atoms with Crippen molar-refractivity contribution in [1.82, 2.24) is 9.97 Å². The molecule has 0 aliphatic heterocycles. The second kappa shape index (κ2) is 8.23. The molecule has 7 nitrogen and oxygen atoms in total. The number of carboxylic acids is 1. The average Bonchev–Trinajstić information content (AvgIpc) is 2.79. The number of aromatic nitrogens is 2. The predicted octanol–water partition coefficient (Wildman–Crippen LogP) is 4.66. The Morgan fingerprint density at radius 1 is 1.00 bits per heavy atom. The van der Waals surface area contributed by atoms with Crippen LogP contribution < -0.4 is 10.2 Å². The molecular formula is C24H20N4O3. The molecule has 0 aliphatic rings. The Bertz CT molecular complexity index is 1300. The molecule has 0 bridgehead atoms. The maximum Gasteiger partial charge on any atom is 0.337 e. The lowest BCUT2D eigenvalue weighted by Crippen LogP contribution is -2.18. The first-order valence-electron chi connectivity index (χ1n) is 9.63. The first kappa shape index (κ1) is 20.0. The third-order valence-corrected chi connectivity index (χ3v) is 5.03. The van der Waals surface area contributed by atoms with E-state index in [0.717, 1.165) is 16.3 Å². The van der Waals surface area contributed by atoms with Gasteiger partial charge in [0.15, 0.2) is 0 Å². The molecule has 4 rings (SSSR count). The number of aryl methyl sites for hydroxylation is 1. The van der Waals surface area contributed by atoms with Crippen LogP contribution in [0.1, 0.15) is 26.3 Å². The van der Waals surface area contributed by atoms with E-state index in [2.05, 4.69) is 15.3 Å². The fraction of sp³-hybridized carbons (Fsp3) is 0.0833. The van der Waals surface area contributed by atoms with Crippen molar-refractivity contribution in [2.45, 2.75) is 6.92 Å². The minimum atomic E-state index is -1.02. The first-order valence-corrected chi connectivity index (χ1v) is 9.63. The number of nitrogens with zero attached hydrogens (tertiary/aromatic N) is 3. The van der Waals surface area contributed by atoms with Crippen molar-refractivity contribution in [2.75, 3.05) is 17.3 Å².